The molecule has 1 fully saturated rings. The standard InChI is InChI=1S/C15H21NO3S/c1-16-15(13-6-8-20(17,18)10-13)12-4-5-14-11(9-12)3-2-7-19-14/h4-5,9,13,15-16H,2-3,6-8,10H2,1H3. The Morgan fingerprint density at radius 3 is 2.95 bits per heavy atom. The van der Waals surface area contributed by atoms with Crippen LogP contribution in [-0.2, 0) is 16.3 Å². The maximum Gasteiger partial charge on any atom is 0.150 e. The lowest BCUT2D eigenvalue weighted by atomic mass is 9.90. The highest BCUT2D eigenvalue weighted by molar-refractivity contribution is 7.91. The van der Waals surface area contributed by atoms with Crippen molar-refractivity contribution in [1.82, 2.24) is 5.32 Å². The number of ether oxygens (including phenoxy) is 1. The summed E-state index contributed by atoms with van der Waals surface area (Å²) in [7, 11) is -0.932. The summed E-state index contributed by atoms with van der Waals surface area (Å²) < 4.78 is 29.0. The molecule has 2 aliphatic heterocycles. The summed E-state index contributed by atoms with van der Waals surface area (Å²) in [5, 5.41) is 3.30. The number of rotatable bonds is 3. The molecule has 0 aromatic heterocycles. The van der Waals surface area contributed by atoms with E-state index in [9.17, 15) is 8.42 Å². The summed E-state index contributed by atoms with van der Waals surface area (Å²) in [5.74, 6) is 1.78. The molecular weight excluding hydrogens is 274 g/mol. The average molecular weight is 295 g/mol. The van der Waals surface area contributed by atoms with Crippen LogP contribution in [0.15, 0.2) is 18.2 Å². The van der Waals surface area contributed by atoms with Gasteiger partial charge in [0.1, 0.15) is 5.75 Å². The van der Waals surface area contributed by atoms with E-state index in [0.717, 1.165) is 31.6 Å². The minimum Gasteiger partial charge on any atom is -0.493 e. The molecule has 2 atom stereocenters. The molecular formula is C15H21NO3S. The fraction of sp³-hybridized carbons (Fsp3) is 0.600. The molecule has 0 spiro atoms. The van der Waals surface area contributed by atoms with Crippen LogP contribution in [0.1, 0.15) is 30.0 Å². The maximum absolute atomic E-state index is 11.7. The van der Waals surface area contributed by atoms with Crippen molar-refractivity contribution >= 4 is 9.84 Å². The third-order valence-corrected chi connectivity index (χ3v) is 6.14. The van der Waals surface area contributed by atoms with E-state index in [-0.39, 0.29) is 12.0 Å². The van der Waals surface area contributed by atoms with Gasteiger partial charge in [-0.05, 0) is 49.4 Å². The lowest BCUT2D eigenvalue weighted by Crippen LogP contribution is -2.26. The highest BCUT2D eigenvalue weighted by atomic mass is 32.2. The van der Waals surface area contributed by atoms with Crippen LogP contribution in [0.4, 0.5) is 0 Å². The fourth-order valence-corrected chi connectivity index (χ4v) is 5.17. The number of fused-ring (bicyclic) bond motifs is 1. The van der Waals surface area contributed by atoms with E-state index in [1.165, 1.54) is 11.1 Å². The van der Waals surface area contributed by atoms with Gasteiger partial charge in [0, 0.05) is 6.04 Å². The van der Waals surface area contributed by atoms with Crippen LogP contribution in [0.2, 0.25) is 0 Å². The molecule has 0 aliphatic carbocycles. The van der Waals surface area contributed by atoms with Gasteiger partial charge in [-0.3, -0.25) is 0 Å². The third-order valence-electron chi connectivity index (χ3n) is 4.34. The Labute approximate surface area is 120 Å². The van der Waals surface area contributed by atoms with Gasteiger partial charge in [0.25, 0.3) is 0 Å². The van der Waals surface area contributed by atoms with E-state index >= 15 is 0 Å². The van der Waals surface area contributed by atoms with Gasteiger partial charge in [0.2, 0.25) is 0 Å². The molecule has 2 aliphatic rings. The Balaban J connectivity index is 1.86. The Kier molecular flexibility index (Phi) is 3.73. The summed E-state index contributed by atoms with van der Waals surface area (Å²) >= 11 is 0. The van der Waals surface area contributed by atoms with E-state index in [2.05, 4.69) is 17.4 Å². The Morgan fingerprint density at radius 2 is 2.25 bits per heavy atom. The second-order valence-corrected chi connectivity index (χ2v) is 7.98. The molecule has 1 saturated heterocycles. The number of benzene rings is 1. The lowest BCUT2D eigenvalue weighted by molar-refractivity contribution is 0.288. The van der Waals surface area contributed by atoms with Crippen molar-refractivity contribution in [3.63, 3.8) is 0 Å². The van der Waals surface area contributed by atoms with Crippen LogP contribution < -0.4 is 10.1 Å². The molecule has 20 heavy (non-hydrogen) atoms. The Bertz CT molecular complexity index is 597. The molecule has 2 unspecified atom stereocenters. The molecule has 2 heterocycles. The van der Waals surface area contributed by atoms with Gasteiger partial charge < -0.3 is 10.1 Å². The van der Waals surface area contributed by atoms with Gasteiger partial charge in [0.15, 0.2) is 9.84 Å². The van der Waals surface area contributed by atoms with E-state index in [1.807, 2.05) is 13.1 Å². The summed E-state index contributed by atoms with van der Waals surface area (Å²) in [4.78, 5) is 0. The molecule has 1 aromatic rings. The smallest absolute Gasteiger partial charge is 0.150 e. The average Bonchev–Trinajstić information content (AvgIpc) is 2.80. The number of hydrogen-bond donors (Lipinski definition) is 1. The van der Waals surface area contributed by atoms with Crippen molar-refractivity contribution in [2.45, 2.75) is 25.3 Å². The molecule has 110 valence electrons. The Morgan fingerprint density at radius 1 is 1.40 bits per heavy atom. The van der Waals surface area contributed by atoms with Crippen molar-refractivity contribution in [1.29, 1.82) is 0 Å². The van der Waals surface area contributed by atoms with Gasteiger partial charge in [0.05, 0.1) is 18.1 Å². The fourth-order valence-electron chi connectivity index (χ4n) is 3.33. The van der Waals surface area contributed by atoms with Gasteiger partial charge >= 0.3 is 0 Å². The normalized spacial score (nSPS) is 25.8. The lowest BCUT2D eigenvalue weighted by Gasteiger charge is -2.25. The van der Waals surface area contributed by atoms with Gasteiger partial charge in [-0.25, -0.2) is 8.42 Å². The first-order valence-corrected chi connectivity index (χ1v) is 9.04. The minimum absolute atomic E-state index is 0.111. The third kappa shape index (κ3) is 2.69. The zero-order valence-electron chi connectivity index (χ0n) is 11.8. The van der Waals surface area contributed by atoms with Gasteiger partial charge in [-0.15, -0.1) is 0 Å². The number of hydrogen-bond acceptors (Lipinski definition) is 4. The predicted molar refractivity (Wildman–Crippen MR) is 78.8 cm³/mol. The first-order valence-electron chi connectivity index (χ1n) is 7.22. The predicted octanol–water partition coefficient (Wildman–Crippen LogP) is 1.71. The summed E-state index contributed by atoms with van der Waals surface area (Å²) in [6.07, 6.45) is 2.85. The summed E-state index contributed by atoms with van der Waals surface area (Å²) in [5.41, 5.74) is 2.42. The highest BCUT2D eigenvalue weighted by Crippen LogP contribution is 2.34. The van der Waals surface area contributed by atoms with E-state index in [1.54, 1.807) is 0 Å². The quantitative estimate of drug-likeness (QED) is 0.922. The molecule has 3 rings (SSSR count). The topological polar surface area (TPSA) is 55.4 Å². The molecule has 5 heteroatoms. The first kappa shape index (κ1) is 13.9. The van der Waals surface area contributed by atoms with Crippen molar-refractivity contribution in [3.05, 3.63) is 29.3 Å². The maximum atomic E-state index is 11.7. The van der Waals surface area contributed by atoms with Crippen LogP contribution in [-0.4, -0.2) is 33.6 Å². The number of sulfone groups is 1. The summed E-state index contributed by atoms with van der Waals surface area (Å²) in [6, 6.07) is 6.38. The second-order valence-electron chi connectivity index (χ2n) is 5.75. The van der Waals surface area contributed by atoms with Gasteiger partial charge in [-0.2, -0.15) is 0 Å². The van der Waals surface area contributed by atoms with Crippen LogP contribution in [0.25, 0.3) is 0 Å². The number of aryl methyl sites for hydroxylation is 1. The largest absolute Gasteiger partial charge is 0.493 e. The van der Waals surface area contributed by atoms with Crippen LogP contribution in [0.5, 0.6) is 5.75 Å². The first-order chi connectivity index (χ1) is 9.59. The van der Waals surface area contributed by atoms with E-state index < -0.39 is 9.84 Å². The van der Waals surface area contributed by atoms with Gasteiger partial charge in [-0.1, -0.05) is 12.1 Å². The van der Waals surface area contributed by atoms with E-state index in [4.69, 9.17) is 4.74 Å². The molecule has 0 radical (unpaired) electrons. The molecule has 1 N–H and O–H groups in total. The molecule has 0 amide bonds. The minimum atomic E-state index is -2.84. The van der Waals surface area contributed by atoms with Crippen molar-refractivity contribution in [3.8, 4) is 5.75 Å². The molecule has 1 aromatic carbocycles. The Hall–Kier alpha value is -1.07. The highest BCUT2D eigenvalue weighted by Gasteiger charge is 2.34. The van der Waals surface area contributed by atoms with E-state index in [0.29, 0.717) is 11.5 Å². The van der Waals surface area contributed by atoms with Crippen LogP contribution >= 0.6 is 0 Å². The van der Waals surface area contributed by atoms with Crippen molar-refractivity contribution < 1.29 is 13.2 Å². The SMILES string of the molecule is CNC(c1ccc2c(c1)CCCO2)C1CCS(=O)(=O)C1. The van der Waals surface area contributed by atoms with Crippen molar-refractivity contribution in [2.75, 3.05) is 25.2 Å². The number of nitrogens with one attached hydrogen (secondary N) is 1. The molecule has 0 saturated carbocycles. The monoisotopic (exact) mass is 295 g/mol. The molecule has 0 bridgehead atoms. The zero-order valence-corrected chi connectivity index (χ0v) is 12.6. The van der Waals surface area contributed by atoms with Crippen molar-refractivity contribution in [2.24, 2.45) is 5.92 Å². The second kappa shape index (κ2) is 5.37. The zero-order chi connectivity index (χ0) is 14.2. The van der Waals surface area contributed by atoms with Crippen LogP contribution in [0, 0.1) is 5.92 Å². The summed E-state index contributed by atoms with van der Waals surface area (Å²) in [6.45, 7) is 0.794. The van der Waals surface area contributed by atoms with Crippen LogP contribution in [0.3, 0.4) is 0 Å². The molecule has 4 nitrogen and oxygen atoms in total.